The molecule has 0 aliphatic carbocycles. The molecule has 0 bridgehead atoms. The van der Waals surface area contributed by atoms with Gasteiger partial charge in [0.05, 0.1) is 12.7 Å². The van der Waals surface area contributed by atoms with Gasteiger partial charge in [-0.15, -0.1) is 0 Å². The lowest BCUT2D eigenvalue weighted by atomic mass is 10.1. The zero-order valence-corrected chi connectivity index (χ0v) is 13.5. The summed E-state index contributed by atoms with van der Waals surface area (Å²) in [5.41, 5.74) is 2.22. The Balaban J connectivity index is 2.04. The first-order chi connectivity index (χ1) is 9.33. The molecule has 0 saturated heterocycles. The molecule has 1 aromatic heterocycles. The normalized spacial score (nSPS) is 11.8. The molecule has 0 spiro atoms. The quantitative estimate of drug-likeness (QED) is 0.920. The molecule has 2 aromatic rings. The SMILES string of the molecule is CC(C)(C)NCc1cnn(Cc2cc(Cl)ccc2Cl)c1. The number of hydrogen-bond donors (Lipinski definition) is 1. The van der Waals surface area contributed by atoms with Gasteiger partial charge in [-0.2, -0.15) is 5.10 Å². The van der Waals surface area contributed by atoms with E-state index >= 15 is 0 Å². The number of aromatic nitrogens is 2. The van der Waals surface area contributed by atoms with Crippen LogP contribution in [0.4, 0.5) is 0 Å². The lowest BCUT2D eigenvalue weighted by Crippen LogP contribution is -2.34. The zero-order chi connectivity index (χ0) is 14.8. The van der Waals surface area contributed by atoms with E-state index in [1.165, 1.54) is 0 Å². The summed E-state index contributed by atoms with van der Waals surface area (Å²) in [7, 11) is 0. The minimum atomic E-state index is 0.0956. The van der Waals surface area contributed by atoms with Crippen LogP contribution in [0.25, 0.3) is 0 Å². The van der Waals surface area contributed by atoms with Crippen LogP contribution in [-0.4, -0.2) is 15.3 Å². The van der Waals surface area contributed by atoms with Crippen LogP contribution in [-0.2, 0) is 13.1 Å². The van der Waals surface area contributed by atoms with Gasteiger partial charge in [-0.25, -0.2) is 0 Å². The van der Waals surface area contributed by atoms with Gasteiger partial charge in [0.25, 0.3) is 0 Å². The third-order valence-electron chi connectivity index (χ3n) is 2.85. The van der Waals surface area contributed by atoms with Crippen LogP contribution in [0, 0.1) is 0 Å². The number of hydrogen-bond acceptors (Lipinski definition) is 2. The molecule has 2 rings (SSSR count). The summed E-state index contributed by atoms with van der Waals surface area (Å²) < 4.78 is 1.87. The standard InChI is InChI=1S/C15H19Cl2N3/c1-15(2,3)18-7-11-8-19-20(9-11)10-12-6-13(16)4-5-14(12)17/h4-6,8-9,18H,7,10H2,1-3H3. The second-order valence-electron chi connectivity index (χ2n) is 5.89. The highest BCUT2D eigenvalue weighted by Crippen LogP contribution is 2.21. The van der Waals surface area contributed by atoms with Crippen molar-refractivity contribution >= 4 is 23.2 Å². The fourth-order valence-electron chi connectivity index (χ4n) is 1.79. The van der Waals surface area contributed by atoms with Crippen LogP contribution >= 0.6 is 23.2 Å². The Hall–Kier alpha value is -1.03. The van der Waals surface area contributed by atoms with Crippen LogP contribution in [0.15, 0.2) is 30.6 Å². The minimum Gasteiger partial charge on any atom is -0.308 e. The molecule has 0 saturated carbocycles. The van der Waals surface area contributed by atoms with Crippen molar-refractivity contribution in [2.24, 2.45) is 0 Å². The Morgan fingerprint density at radius 1 is 1.25 bits per heavy atom. The van der Waals surface area contributed by atoms with Crippen molar-refractivity contribution in [3.8, 4) is 0 Å². The van der Waals surface area contributed by atoms with Gasteiger partial charge in [0.15, 0.2) is 0 Å². The van der Waals surface area contributed by atoms with Crippen molar-refractivity contribution in [3.05, 3.63) is 51.8 Å². The first-order valence-electron chi connectivity index (χ1n) is 6.54. The number of rotatable bonds is 4. The smallest absolute Gasteiger partial charge is 0.0674 e. The highest BCUT2D eigenvalue weighted by Gasteiger charge is 2.09. The summed E-state index contributed by atoms with van der Waals surface area (Å²) in [6.07, 6.45) is 3.90. The van der Waals surface area contributed by atoms with Crippen molar-refractivity contribution in [1.29, 1.82) is 0 Å². The third kappa shape index (κ3) is 4.51. The van der Waals surface area contributed by atoms with Gasteiger partial charge in [0, 0.05) is 33.9 Å². The largest absolute Gasteiger partial charge is 0.308 e. The minimum absolute atomic E-state index is 0.0956. The molecule has 1 heterocycles. The Bertz CT molecular complexity index is 585. The monoisotopic (exact) mass is 311 g/mol. The third-order valence-corrected chi connectivity index (χ3v) is 3.45. The second-order valence-corrected chi connectivity index (χ2v) is 6.73. The van der Waals surface area contributed by atoms with E-state index < -0.39 is 0 Å². The molecule has 20 heavy (non-hydrogen) atoms. The van der Waals surface area contributed by atoms with Crippen molar-refractivity contribution in [1.82, 2.24) is 15.1 Å². The Morgan fingerprint density at radius 3 is 2.70 bits per heavy atom. The van der Waals surface area contributed by atoms with Gasteiger partial charge < -0.3 is 5.32 Å². The predicted octanol–water partition coefficient (Wildman–Crippen LogP) is 4.13. The maximum Gasteiger partial charge on any atom is 0.0674 e. The number of nitrogens with zero attached hydrogens (tertiary/aromatic N) is 2. The number of nitrogens with one attached hydrogen (secondary N) is 1. The molecule has 1 aromatic carbocycles. The van der Waals surface area contributed by atoms with E-state index in [-0.39, 0.29) is 5.54 Å². The van der Waals surface area contributed by atoms with Gasteiger partial charge in [0.2, 0.25) is 0 Å². The van der Waals surface area contributed by atoms with Crippen LogP contribution in [0.1, 0.15) is 31.9 Å². The second kappa shape index (κ2) is 6.17. The van der Waals surface area contributed by atoms with E-state index in [2.05, 4.69) is 31.2 Å². The lowest BCUT2D eigenvalue weighted by molar-refractivity contribution is 0.424. The molecule has 108 valence electrons. The van der Waals surface area contributed by atoms with Gasteiger partial charge in [-0.05, 0) is 44.5 Å². The summed E-state index contributed by atoms with van der Waals surface area (Å²) in [6.45, 7) is 7.84. The zero-order valence-electron chi connectivity index (χ0n) is 12.0. The molecule has 5 heteroatoms. The highest BCUT2D eigenvalue weighted by atomic mass is 35.5. The number of benzene rings is 1. The maximum atomic E-state index is 6.16. The molecule has 3 nitrogen and oxygen atoms in total. The van der Waals surface area contributed by atoms with E-state index in [9.17, 15) is 0 Å². The predicted molar refractivity (Wildman–Crippen MR) is 84.4 cm³/mol. The molecular weight excluding hydrogens is 293 g/mol. The topological polar surface area (TPSA) is 29.9 Å². The molecule has 0 atom stereocenters. The molecule has 0 fully saturated rings. The molecule has 0 unspecified atom stereocenters. The molecule has 0 amide bonds. The van der Waals surface area contributed by atoms with Gasteiger partial charge in [-0.3, -0.25) is 4.68 Å². The summed E-state index contributed by atoms with van der Waals surface area (Å²) in [5.74, 6) is 0. The van der Waals surface area contributed by atoms with E-state index in [4.69, 9.17) is 23.2 Å². The maximum absolute atomic E-state index is 6.16. The van der Waals surface area contributed by atoms with Crippen molar-refractivity contribution in [3.63, 3.8) is 0 Å². The average Bonchev–Trinajstić information content (AvgIpc) is 2.78. The van der Waals surface area contributed by atoms with Crippen molar-refractivity contribution in [2.45, 2.75) is 39.4 Å². The molecule has 0 aliphatic heterocycles. The lowest BCUT2D eigenvalue weighted by Gasteiger charge is -2.19. The summed E-state index contributed by atoms with van der Waals surface area (Å²) in [5, 5.41) is 9.19. The Labute approximate surface area is 129 Å². The van der Waals surface area contributed by atoms with E-state index in [0.717, 1.165) is 17.7 Å². The Morgan fingerprint density at radius 2 is 2.00 bits per heavy atom. The van der Waals surface area contributed by atoms with Crippen molar-refractivity contribution in [2.75, 3.05) is 0 Å². The van der Waals surface area contributed by atoms with E-state index in [0.29, 0.717) is 16.6 Å². The van der Waals surface area contributed by atoms with Crippen LogP contribution in [0.2, 0.25) is 10.0 Å². The molecule has 0 radical (unpaired) electrons. The van der Waals surface area contributed by atoms with Gasteiger partial charge in [0.1, 0.15) is 0 Å². The van der Waals surface area contributed by atoms with Gasteiger partial charge >= 0.3 is 0 Å². The summed E-state index contributed by atoms with van der Waals surface area (Å²) >= 11 is 12.2. The van der Waals surface area contributed by atoms with E-state index in [1.807, 2.05) is 29.2 Å². The van der Waals surface area contributed by atoms with Crippen LogP contribution < -0.4 is 5.32 Å². The van der Waals surface area contributed by atoms with Gasteiger partial charge in [-0.1, -0.05) is 23.2 Å². The van der Waals surface area contributed by atoms with Crippen LogP contribution in [0.5, 0.6) is 0 Å². The highest BCUT2D eigenvalue weighted by molar-refractivity contribution is 6.33. The first-order valence-corrected chi connectivity index (χ1v) is 7.29. The van der Waals surface area contributed by atoms with Crippen molar-refractivity contribution < 1.29 is 0 Å². The summed E-state index contributed by atoms with van der Waals surface area (Å²) in [4.78, 5) is 0. The fourth-order valence-corrected chi connectivity index (χ4v) is 2.16. The summed E-state index contributed by atoms with van der Waals surface area (Å²) in [6, 6.07) is 5.47. The van der Waals surface area contributed by atoms with Crippen LogP contribution in [0.3, 0.4) is 0 Å². The fraction of sp³-hybridized carbons (Fsp3) is 0.400. The molecular formula is C15H19Cl2N3. The van der Waals surface area contributed by atoms with E-state index in [1.54, 1.807) is 6.07 Å². The Kier molecular flexibility index (Phi) is 4.74. The number of halogens is 2. The first kappa shape index (κ1) is 15.4. The average molecular weight is 312 g/mol. The molecule has 1 N–H and O–H groups in total. The molecule has 0 aliphatic rings.